The zero-order chi connectivity index (χ0) is 12.3. The molecule has 0 bridgehead atoms. The summed E-state index contributed by atoms with van der Waals surface area (Å²) in [6.07, 6.45) is 1.80. The molecule has 0 unspecified atom stereocenters. The molecule has 0 aliphatic carbocycles. The van der Waals surface area contributed by atoms with Crippen molar-refractivity contribution in [3.63, 3.8) is 0 Å². The van der Waals surface area contributed by atoms with Crippen LogP contribution in [0.25, 0.3) is 0 Å². The van der Waals surface area contributed by atoms with E-state index in [9.17, 15) is 0 Å². The Morgan fingerprint density at radius 1 is 0.941 bits per heavy atom. The van der Waals surface area contributed by atoms with Gasteiger partial charge in [0.05, 0.1) is 5.69 Å². The Kier molecular flexibility index (Phi) is 3.43. The molecular formula is C15H17NO. The molecule has 0 fully saturated rings. The summed E-state index contributed by atoms with van der Waals surface area (Å²) in [4.78, 5) is 4.33. The van der Waals surface area contributed by atoms with E-state index in [1.165, 1.54) is 16.7 Å². The summed E-state index contributed by atoms with van der Waals surface area (Å²) in [5, 5.41) is 0. The SMILES string of the molecule is Cc1cccnc1COc1c(C)cccc1C. The van der Waals surface area contributed by atoms with Crippen LogP contribution in [0.1, 0.15) is 22.4 Å². The summed E-state index contributed by atoms with van der Waals surface area (Å²) in [6, 6.07) is 10.2. The number of hydrogen-bond acceptors (Lipinski definition) is 2. The number of pyridine rings is 1. The van der Waals surface area contributed by atoms with Crippen LogP contribution in [-0.2, 0) is 6.61 Å². The minimum atomic E-state index is 0.526. The topological polar surface area (TPSA) is 22.1 Å². The lowest BCUT2D eigenvalue weighted by atomic mass is 10.1. The average molecular weight is 227 g/mol. The molecule has 1 aromatic carbocycles. The van der Waals surface area contributed by atoms with Crippen molar-refractivity contribution < 1.29 is 4.74 Å². The standard InChI is InChI=1S/C15H17NO/c1-11-8-5-9-16-14(11)10-17-15-12(2)6-4-7-13(15)3/h4-9H,10H2,1-3H3. The van der Waals surface area contributed by atoms with E-state index in [1.807, 2.05) is 12.1 Å². The zero-order valence-electron chi connectivity index (χ0n) is 10.5. The fraction of sp³-hybridized carbons (Fsp3) is 0.267. The van der Waals surface area contributed by atoms with Crippen molar-refractivity contribution in [2.45, 2.75) is 27.4 Å². The minimum Gasteiger partial charge on any atom is -0.487 e. The van der Waals surface area contributed by atoms with Crippen LogP contribution in [0.4, 0.5) is 0 Å². The molecule has 2 heteroatoms. The van der Waals surface area contributed by atoms with Crippen molar-refractivity contribution >= 4 is 0 Å². The van der Waals surface area contributed by atoms with E-state index in [2.05, 4.69) is 44.0 Å². The van der Waals surface area contributed by atoms with Gasteiger partial charge in [-0.2, -0.15) is 0 Å². The van der Waals surface area contributed by atoms with Crippen LogP contribution in [0.5, 0.6) is 5.75 Å². The molecule has 0 spiro atoms. The third kappa shape index (κ3) is 2.64. The first kappa shape index (κ1) is 11.6. The highest BCUT2D eigenvalue weighted by Gasteiger charge is 2.05. The van der Waals surface area contributed by atoms with Crippen molar-refractivity contribution in [1.29, 1.82) is 0 Å². The average Bonchev–Trinajstić information content (AvgIpc) is 2.30. The summed E-state index contributed by atoms with van der Waals surface area (Å²) in [7, 11) is 0. The molecule has 1 heterocycles. The highest BCUT2D eigenvalue weighted by molar-refractivity contribution is 5.39. The van der Waals surface area contributed by atoms with Gasteiger partial charge in [-0.3, -0.25) is 4.98 Å². The van der Waals surface area contributed by atoms with Gasteiger partial charge in [0.15, 0.2) is 0 Å². The Bertz CT molecular complexity index is 500. The lowest BCUT2D eigenvalue weighted by Crippen LogP contribution is -2.02. The van der Waals surface area contributed by atoms with Gasteiger partial charge in [0, 0.05) is 6.20 Å². The van der Waals surface area contributed by atoms with Gasteiger partial charge in [-0.15, -0.1) is 0 Å². The van der Waals surface area contributed by atoms with E-state index < -0.39 is 0 Å². The Morgan fingerprint density at radius 3 is 2.24 bits per heavy atom. The first-order valence-corrected chi connectivity index (χ1v) is 5.78. The largest absolute Gasteiger partial charge is 0.487 e. The number of benzene rings is 1. The number of rotatable bonds is 3. The van der Waals surface area contributed by atoms with Gasteiger partial charge in [0.1, 0.15) is 12.4 Å². The Labute approximate surface area is 102 Å². The number of nitrogens with zero attached hydrogens (tertiary/aromatic N) is 1. The van der Waals surface area contributed by atoms with Gasteiger partial charge in [-0.25, -0.2) is 0 Å². The van der Waals surface area contributed by atoms with Crippen LogP contribution in [-0.4, -0.2) is 4.98 Å². The molecule has 2 aromatic rings. The predicted octanol–water partition coefficient (Wildman–Crippen LogP) is 3.59. The molecule has 0 aliphatic rings. The van der Waals surface area contributed by atoms with Gasteiger partial charge >= 0.3 is 0 Å². The quantitative estimate of drug-likeness (QED) is 0.799. The van der Waals surface area contributed by atoms with Crippen LogP contribution in [0.3, 0.4) is 0 Å². The second kappa shape index (κ2) is 5.00. The van der Waals surface area contributed by atoms with E-state index in [0.717, 1.165) is 11.4 Å². The Balaban J connectivity index is 2.16. The Morgan fingerprint density at radius 2 is 1.59 bits per heavy atom. The van der Waals surface area contributed by atoms with E-state index in [1.54, 1.807) is 6.20 Å². The van der Waals surface area contributed by atoms with Crippen molar-refractivity contribution in [3.8, 4) is 5.75 Å². The van der Waals surface area contributed by atoms with Crippen molar-refractivity contribution in [2.24, 2.45) is 0 Å². The first-order valence-electron chi connectivity index (χ1n) is 5.78. The third-order valence-electron chi connectivity index (χ3n) is 2.88. The molecule has 0 saturated heterocycles. The Hall–Kier alpha value is -1.83. The smallest absolute Gasteiger partial charge is 0.130 e. The molecule has 0 radical (unpaired) electrons. The maximum Gasteiger partial charge on any atom is 0.130 e. The highest BCUT2D eigenvalue weighted by atomic mass is 16.5. The number of aryl methyl sites for hydroxylation is 3. The van der Waals surface area contributed by atoms with Crippen LogP contribution < -0.4 is 4.74 Å². The number of ether oxygens (including phenoxy) is 1. The summed E-state index contributed by atoms with van der Waals surface area (Å²) in [5.41, 5.74) is 4.49. The van der Waals surface area contributed by atoms with Crippen molar-refractivity contribution in [1.82, 2.24) is 4.98 Å². The number of hydrogen-bond donors (Lipinski definition) is 0. The molecule has 1 aromatic heterocycles. The van der Waals surface area contributed by atoms with Crippen molar-refractivity contribution in [2.75, 3.05) is 0 Å². The zero-order valence-corrected chi connectivity index (χ0v) is 10.5. The second-order valence-electron chi connectivity index (χ2n) is 4.28. The van der Waals surface area contributed by atoms with Gasteiger partial charge in [0.25, 0.3) is 0 Å². The fourth-order valence-corrected chi connectivity index (χ4v) is 1.84. The van der Waals surface area contributed by atoms with Crippen molar-refractivity contribution in [3.05, 3.63) is 58.9 Å². The molecule has 0 saturated carbocycles. The van der Waals surface area contributed by atoms with Crippen LogP contribution in [0, 0.1) is 20.8 Å². The molecule has 88 valence electrons. The van der Waals surface area contributed by atoms with Crippen LogP contribution in [0.15, 0.2) is 36.5 Å². The summed E-state index contributed by atoms with van der Waals surface area (Å²) in [6.45, 7) is 6.70. The van der Waals surface area contributed by atoms with Crippen LogP contribution in [0.2, 0.25) is 0 Å². The molecule has 17 heavy (non-hydrogen) atoms. The second-order valence-corrected chi connectivity index (χ2v) is 4.28. The molecular weight excluding hydrogens is 210 g/mol. The van der Waals surface area contributed by atoms with Crippen LogP contribution >= 0.6 is 0 Å². The van der Waals surface area contributed by atoms with E-state index >= 15 is 0 Å². The molecule has 0 aliphatic heterocycles. The molecule has 2 nitrogen and oxygen atoms in total. The lowest BCUT2D eigenvalue weighted by Gasteiger charge is -2.12. The van der Waals surface area contributed by atoms with Gasteiger partial charge in [0.2, 0.25) is 0 Å². The van der Waals surface area contributed by atoms with Gasteiger partial charge in [-0.05, 0) is 43.5 Å². The normalized spacial score (nSPS) is 10.3. The van der Waals surface area contributed by atoms with E-state index in [4.69, 9.17) is 4.74 Å². The number of para-hydroxylation sites is 1. The third-order valence-corrected chi connectivity index (χ3v) is 2.88. The monoisotopic (exact) mass is 227 g/mol. The lowest BCUT2D eigenvalue weighted by molar-refractivity contribution is 0.296. The summed E-state index contributed by atoms with van der Waals surface area (Å²) < 4.78 is 5.87. The molecule has 0 atom stereocenters. The maximum atomic E-state index is 5.87. The molecule has 0 amide bonds. The van der Waals surface area contributed by atoms with Gasteiger partial charge < -0.3 is 4.74 Å². The minimum absolute atomic E-state index is 0.526. The van der Waals surface area contributed by atoms with Gasteiger partial charge in [-0.1, -0.05) is 24.3 Å². The highest BCUT2D eigenvalue weighted by Crippen LogP contribution is 2.23. The summed E-state index contributed by atoms with van der Waals surface area (Å²) in [5.74, 6) is 0.970. The molecule has 2 rings (SSSR count). The van der Waals surface area contributed by atoms with E-state index in [-0.39, 0.29) is 0 Å². The maximum absolute atomic E-state index is 5.87. The predicted molar refractivity (Wildman–Crippen MR) is 69.2 cm³/mol. The summed E-state index contributed by atoms with van der Waals surface area (Å²) >= 11 is 0. The first-order chi connectivity index (χ1) is 8.18. The number of aromatic nitrogens is 1. The van der Waals surface area contributed by atoms with E-state index in [0.29, 0.717) is 6.61 Å². The molecule has 0 N–H and O–H groups in total. The fourth-order valence-electron chi connectivity index (χ4n) is 1.84.